The Bertz CT molecular complexity index is 734. The number of benzene rings is 2. The maximum Gasteiger partial charge on any atom is 0.338 e. The van der Waals surface area contributed by atoms with Crippen LogP contribution in [-0.4, -0.2) is 29.9 Å². The van der Waals surface area contributed by atoms with Crippen molar-refractivity contribution in [3.05, 3.63) is 72.8 Å². The van der Waals surface area contributed by atoms with Crippen LogP contribution in [0, 0.1) is 0 Å². The minimum Gasteiger partial charge on any atom is -0.303 e. The molecule has 0 aromatic heterocycles. The van der Waals surface area contributed by atoms with Gasteiger partial charge in [0.1, 0.15) is 6.29 Å². The number of para-hydroxylation sites is 2. The molecule has 1 aliphatic heterocycles. The Balaban J connectivity index is 1.97. The lowest BCUT2D eigenvalue weighted by molar-refractivity contribution is -0.107. The Labute approximate surface area is 175 Å². The van der Waals surface area contributed by atoms with E-state index in [9.17, 15) is 9.69 Å². The number of anilines is 2. The van der Waals surface area contributed by atoms with Crippen molar-refractivity contribution in [2.45, 2.75) is 44.7 Å². The number of hydrogen-bond donors (Lipinski definition) is 1. The van der Waals surface area contributed by atoms with Crippen LogP contribution in [-0.2, 0) is 4.79 Å². The molecular weight excluding hydrogens is 379 g/mol. The van der Waals surface area contributed by atoms with E-state index in [1.165, 1.54) is 12.8 Å². The molecule has 0 radical (unpaired) electrons. The number of nitrogens with zero attached hydrogens (tertiary/aromatic N) is 2. The summed E-state index contributed by atoms with van der Waals surface area (Å²) in [6, 6.07) is 20.2. The van der Waals surface area contributed by atoms with E-state index in [0.29, 0.717) is 6.42 Å². The van der Waals surface area contributed by atoms with Crippen molar-refractivity contribution < 1.29 is 9.69 Å². The number of hydrogen-bond acceptors (Lipinski definition) is 4. The Morgan fingerprint density at radius 1 is 0.966 bits per heavy atom. The molecular formula is C24H32N2O2P+. The largest absolute Gasteiger partial charge is 0.338 e. The molecule has 29 heavy (non-hydrogen) atoms. The first-order chi connectivity index (χ1) is 14.2. The van der Waals surface area contributed by atoms with Crippen LogP contribution >= 0.6 is 7.79 Å². The lowest BCUT2D eigenvalue weighted by Gasteiger charge is -2.35. The Morgan fingerprint density at radius 2 is 1.52 bits per heavy atom. The van der Waals surface area contributed by atoms with Crippen LogP contribution < -0.4 is 9.34 Å². The summed E-state index contributed by atoms with van der Waals surface area (Å²) < 4.78 is 4.29. The van der Waals surface area contributed by atoms with Gasteiger partial charge in [-0.25, -0.2) is 14.2 Å². The smallest absolute Gasteiger partial charge is 0.303 e. The van der Waals surface area contributed by atoms with Gasteiger partial charge in [-0.15, -0.1) is 0 Å². The summed E-state index contributed by atoms with van der Waals surface area (Å²) in [5.74, 6) is 0. The first-order valence-corrected chi connectivity index (χ1v) is 12.3. The fourth-order valence-corrected chi connectivity index (χ4v) is 7.38. The van der Waals surface area contributed by atoms with Gasteiger partial charge in [0.25, 0.3) is 0 Å². The predicted octanol–water partition coefficient (Wildman–Crippen LogP) is 5.86. The van der Waals surface area contributed by atoms with Crippen LogP contribution in [0.2, 0.25) is 0 Å². The molecule has 0 bridgehead atoms. The molecule has 1 fully saturated rings. The van der Waals surface area contributed by atoms with Gasteiger partial charge >= 0.3 is 7.79 Å². The normalized spacial score (nSPS) is 17.0. The average Bonchev–Trinajstić information content (AvgIpc) is 3.12. The summed E-state index contributed by atoms with van der Waals surface area (Å²) >= 11 is 0. The predicted molar refractivity (Wildman–Crippen MR) is 124 cm³/mol. The Hall–Kier alpha value is -2.16. The topological polar surface area (TPSA) is 43.8 Å². The van der Waals surface area contributed by atoms with E-state index in [4.69, 9.17) is 0 Å². The maximum atomic E-state index is 12.3. The van der Waals surface area contributed by atoms with E-state index in [1.54, 1.807) is 0 Å². The molecule has 1 unspecified atom stereocenters. The van der Waals surface area contributed by atoms with E-state index in [0.717, 1.165) is 43.6 Å². The maximum absolute atomic E-state index is 12.3. The number of rotatable bonds is 10. The summed E-state index contributed by atoms with van der Waals surface area (Å²) in [6.07, 6.45) is 10.0. The first kappa shape index (κ1) is 21.5. The van der Waals surface area contributed by atoms with E-state index in [2.05, 4.69) is 28.4 Å². The van der Waals surface area contributed by atoms with Gasteiger partial charge in [0.05, 0.1) is 30.9 Å². The SMILES string of the molecule is CCCCC/C=C/C(CC=O)[P+]1(O)N(c2ccccc2)CCN1c1ccccc1. The number of allylic oxidation sites excluding steroid dienone is 2. The lowest BCUT2D eigenvalue weighted by atomic mass is 10.2. The van der Waals surface area contributed by atoms with Crippen molar-refractivity contribution in [3.8, 4) is 0 Å². The molecule has 154 valence electrons. The van der Waals surface area contributed by atoms with Gasteiger partial charge in [-0.1, -0.05) is 62.2 Å². The van der Waals surface area contributed by atoms with Crippen molar-refractivity contribution in [1.82, 2.24) is 0 Å². The van der Waals surface area contributed by atoms with Gasteiger partial charge in [-0.05, 0) is 43.2 Å². The number of carbonyl (C=O) groups is 1. The van der Waals surface area contributed by atoms with Crippen molar-refractivity contribution in [1.29, 1.82) is 0 Å². The molecule has 0 spiro atoms. The van der Waals surface area contributed by atoms with Crippen LogP contribution in [0.1, 0.15) is 39.0 Å². The van der Waals surface area contributed by atoms with Crippen LogP contribution in [0.25, 0.3) is 0 Å². The molecule has 1 saturated heterocycles. The zero-order valence-electron chi connectivity index (χ0n) is 17.2. The van der Waals surface area contributed by atoms with Gasteiger partial charge in [-0.2, -0.15) is 0 Å². The molecule has 1 heterocycles. The van der Waals surface area contributed by atoms with Gasteiger partial charge in [0.2, 0.25) is 0 Å². The van der Waals surface area contributed by atoms with Crippen molar-refractivity contribution in [2.75, 3.05) is 22.4 Å². The summed E-state index contributed by atoms with van der Waals surface area (Å²) in [5, 5.41) is 0. The highest BCUT2D eigenvalue weighted by atomic mass is 31.2. The quantitative estimate of drug-likeness (QED) is 0.230. The molecule has 1 aliphatic rings. The zero-order valence-corrected chi connectivity index (χ0v) is 18.1. The van der Waals surface area contributed by atoms with Crippen LogP contribution in [0.15, 0.2) is 72.8 Å². The molecule has 0 aliphatic carbocycles. The van der Waals surface area contributed by atoms with Gasteiger partial charge in [0, 0.05) is 0 Å². The zero-order chi connectivity index (χ0) is 20.5. The second-order valence-electron chi connectivity index (χ2n) is 7.43. The molecule has 1 N–H and O–H groups in total. The standard InChI is InChI=1S/C24H32N2O2P/c1-2-3-4-5-12-17-24(18-21-27)29(28)25(22-13-8-6-9-14-22)19-20-26(29)23-15-10-7-11-16-23/h6-17,21,24,28H,2-5,18-20H2,1H3/q+1/b17-12+. The molecule has 3 rings (SSSR count). The monoisotopic (exact) mass is 411 g/mol. The molecule has 1 atom stereocenters. The summed E-state index contributed by atoms with van der Waals surface area (Å²) in [7, 11) is -2.82. The van der Waals surface area contributed by atoms with Crippen molar-refractivity contribution in [3.63, 3.8) is 0 Å². The third-order valence-electron chi connectivity index (χ3n) is 5.46. The highest BCUT2D eigenvalue weighted by molar-refractivity contribution is 7.74. The first-order valence-electron chi connectivity index (χ1n) is 10.6. The minimum atomic E-state index is -2.82. The van der Waals surface area contributed by atoms with Crippen LogP contribution in [0.3, 0.4) is 0 Å². The highest BCUT2D eigenvalue weighted by Gasteiger charge is 2.60. The second kappa shape index (κ2) is 10.6. The molecule has 4 nitrogen and oxygen atoms in total. The highest BCUT2D eigenvalue weighted by Crippen LogP contribution is 2.70. The van der Waals surface area contributed by atoms with Gasteiger partial charge in [0.15, 0.2) is 5.66 Å². The third-order valence-corrected chi connectivity index (χ3v) is 9.01. The second-order valence-corrected chi connectivity index (χ2v) is 10.3. The van der Waals surface area contributed by atoms with Gasteiger partial charge < -0.3 is 4.79 Å². The van der Waals surface area contributed by atoms with E-state index in [1.807, 2.05) is 60.7 Å². The molecule has 2 aromatic rings. The fraction of sp³-hybridized carbons (Fsp3) is 0.375. The Kier molecular flexibility index (Phi) is 7.85. The third kappa shape index (κ3) is 4.88. The van der Waals surface area contributed by atoms with E-state index >= 15 is 0 Å². The minimum absolute atomic E-state index is 0.218. The summed E-state index contributed by atoms with van der Waals surface area (Å²) in [5.41, 5.74) is 1.80. The fourth-order valence-electron chi connectivity index (χ4n) is 3.97. The molecule has 0 amide bonds. The molecule has 5 heteroatoms. The van der Waals surface area contributed by atoms with Gasteiger partial charge in [-0.3, -0.25) is 0 Å². The molecule has 2 aromatic carbocycles. The van der Waals surface area contributed by atoms with Crippen molar-refractivity contribution in [2.24, 2.45) is 0 Å². The number of unbranched alkanes of at least 4 members (excludes halogenated alkanes) is 3. The summed E-state index contributed by atoms with van der Waals surface area (Å²) in [4.78, 5) is 23.8. The number of aldehydes is 1. The van der Waals surface area contributed by atoms with Crippen LogP contribution in [0.4, 0.5) is 11.4 Å². The van der Waals surface area contributed by atoms with Crippen molar-refractivity contribution >= 4 is 25.5 Å². The summed E-state index contributed by atoms with van der Waals surface area (Å²) in [6.45, 7) is 3.67. The molecule has 0 saturated carbocycles. The van der Waals surface area contributed by atoms with Crippen LogP contribution in [0.5, 0.6) is 0 Å². The van der Waals surface area contributed by atoms with E-state index < -0.39 is 7.79 Å². The Morgan fingerprint density at radius 3 is 2.00 bits per heavy atom. The lowest BCUT2D eigenvalue weighted by Crippen LogP contribution is -2.32. The number of carbonyl (C=O) groups excluding carboxylic acids is 1. The van der Waals surface area contributed by atoms with E-state index in [-0.39, 0.29) is 5.66 Å². The average molecular weight is 412 g/mol.